The van der Waals surface area contributed by atoms with E-state index in [0.717, 1.165) is 29.6 Å². The number of fused-ring (bicyclic) bond motifs is 1. The number of hydrogen-bond acceptors (Lipinski definition) is 3. The molecule has 8 heteroatoms. The van der Waals surface area contributed by atoms with Gasteiger partial charge >= 0.3 is 0 Å². The number of rotatable bonds is 6. The highest BCUT2D eigenvalue weighted by Crippen LogP contribution is 2.22. The molecular weight excluding hydrogens is 511 g/mol. The Bertz CT molecular complexity index is 1150. The van der Waals surface area contributed by atoms with E-state index in [1.54, 1.807) is 13.1 Å². The molecule has 0 bridgehead atoms. The second-order valence-electron chi connectivity index (χ2n) is 7.29. The predicted octanol–water partition coefficient (Wildman–Crippen LogP) is 3.71. The molecule has 0 fully saturated rings. The van der Waals surface area contributed by atoms with Gasteiger partial charge in [0.25, 0.3) is 0 Å². The van der Waals surface area contributed by atoms with Gasteiger partial charge < -0.3 is 15.6 Å². The first kappa shape index (κ1) is 24.2. The van der Waals surface area contributed by atoms with Gasteiger partial charge in [-0.15, -0.1) is 24.0 Å². The fourth-order valence-corrected chi connectivity index (χ4v) is 4.57. The Hall–Kier alpha value is -2.07. The van der Waals surface area contributed by atoms with Crippen molar-refractivity contribution >= 4 is 50.7 Å². The molecule has 0 saturated heterocycles. The highest BCUT2D eigenvalue weighted by molar-refractivity contribution is 14.0. The number of aliphatic imine (C=N–C) groups is 1. The number of hydrogen-bond donors (Lipinski definition) is 3. The zero-order chi connectivity index (χ0) is 21.0. The second-order valence-corrected chi connectivity index (χ2v) is 9.27. The first-order valence-corrected chi connectivity index (χ1v) is 11.5. The molecule has 0 atom stereocenters. The van der Waals surface area contributed by atoms with Crippen LogP contribution in [0.5, 0.6) is 0 Å². The standard InChI is InChI=1S/C22H28N4O2S.HI/c1-15-6-5-7-19-21(15)18(14-25-19)10-11-24-22(23-3)26-13-17-8-9-20(16(2)12-17)29(4,27)28;/h5-9,12,14,25H,10-11,13H2,1-4H3,(H2,23,24,26);1H. The second kappa shape index (κ2) is 10.3. The van der Waals surface area contributed by atoms with E-state index in [2.05, 4.69) is 51.9 Å². The molecule has 6 nitrogen and oxygen atoms in total. The lowest BCUT2D eigenvalue weighted by Crippen LogP contribution is -2.37. The number of nitrogens with zero attached hydrogens (tertiary/aromatic N) is 1. The van der Waals surface area contributed by atoms with E-state index in [1.165, 1.54) is 22.8 Å². The molecule has 30 heavy (non-hydrogen) atoms. The number of halogens is 1. The molecule has 0 saturated carbocycles. The van der Waals surface area contributed by atoms with Gasteiger partial charge in [-0.3, -0.25) is 4.99 Å². The largest absolute Gasteiger partial charge is 0.361 e. The average Bonchev–Trinajstić information content (AvgIpc) is 3.08. The lowest BCUT2D eigenvalue weighted by molar-refractivity contribution is 0.601. The zero-order valence-corrected chi connectivity index (χ0v) is 20.9. The van der Waals surface area contributed by atoms with Crippen molar-refractivity contribution in [3.63, 3.8) is 0 Å². The highest BCUT2D eigenvalue weighted by Gasteiger charge is 2.11. The maximum atomic E-state index is 11.7. The third kappa shape index (κ3) is 5.75. The Labute approximate surface area is 195 Å². The number of aromatic nitrogens is 1. The molecule has 1 heterocycles. The fraction of sp³-hybridized carbons (Fsp3) is 0.318. The summed E-state index contributed by atoms with van der Waals surface area (Å²) in [5.41, 5.74) is 5.48. The van der Waals surface area contributed by atoms with E-state index in [4.69, 9.17) is 0 Å². The fourth-order valence-electron chi connectivity index (χ4n) is 3.61. The van der Waals surface area contributed by atoms with Crippen molar-refractivity contribution in [3.8, 4) is 0 Å². The SMILES string of the molecule is CN=C(NCCc1c[nH]c2cccc(C)c12)NCc1ccc(S(C)(=O)=O)c(C)c1.I. The smallest absolute Gasteiger partial charge is 0.191 e. The molecule has 0 amide bonds. The van der Waals surface area contributed by atoms with Gasteiger partial charge in [0, 0.05) is 43.5 Å². The van der Waals surface area contributed by atoms with Crippen LogP contribution in [-0.4, -0.2) is 39.2 Å². The molecule has 3 N–H and O–H groups in total. The van der Waals surface area contributed by atoms with Crippen LogP contribution in [0.4, 0.5) is 0 Å². The van der Waals surface area contributed by atoms with Crippen molar-refractivity contribution in [1.82, 2.24) is 15.6 Å². The lowest BCUT2D eigenvalue weighted by Gasteiger charge is -2.13. The minimum absolute atomic E-state index is 0. The van der Waals surface area contributed by atoms with Gasteiger partial charge in [-0.1, -0.05) is 24.3 Å². The first-order valence-electron chi connectivity index (χ1n) is 9.59. The molecule has 0 unspecified atom stereocenters. The molecule has 0 radical (unpaired) electrons. The molecule has 162 valence electrons. The van der Waals surface area contributed by atoms with E-state index in [1.807, 2.05) is 19.1 Å². The number of aromatic amines is 1. The van der Waals surface area contributed by atoms with Gasteiger partial charge in [0.2, 0.25) is 0 Å². The molecule has 0 aliphatic carbocycles. The van der Waals surface area contributed by atoms with Crippen LogP contribution >= 0.6 is 24.0 Å². The van der Waals surface area contributed by atoms with Gasteiger partial charge in [0.1, 0.15) is 0 Å². The summed E-state index contributed by atoms with van der Waals surface area (Å²) in [5, 5.41) is 7.91. The third-order valence-electron chi connectivity index (χ3n) is 5.00. The van der Waals surface area contributed by atoms with Crippen molar-refractivity contribution < 1.29 is 8.42 Å². The lowest BCUT2D eigenvalue weighted by atomic mass is 10.1. The number of nitrogens with one attached hydrogen (secondary N) is 3. The molecule has 0 aliphatic rings. The van der Waals surface area contributed by atoms with Gasteiger partial charge in [-0.2, -0.15) is 0 Å². The monoisotopic (exact) mass is 540 g/mol. The molecule has 2 aromatic carbocycles. The number of H-pyrrole nitrogens is 1. The van der Waals surface area contributed by atoms with Crippen LogP contribution in [0.25, 0.3) is 10.9 Å². The molecule has 0 spiro atoms. The van der Waals surface area contributed by atoms with Crippen molar-refractivity contribution in [2.24, 2.45) is 4.99 Å². The van der Waals surface area contributed by atoms with E-state index in [0.29, 0.717) is 17.4 Å². The minimum Gasteiger partial charge on any atom is -0.361 e. The van der Waals surface area contributed by atoms with Crippen LogP contribution in [0.2, 0.25) is 0 Å². The van der Waals surface area contributed by atoms with Gasteiger partial charge in [0.05, 0.1) is 4.90 Å². The van der Waals surface area contributed by atoms with Gasteiger partial charge in [0.15, 0.2) is 15.8 Å². The summed E-state index contributed by atoms with van der Waals surface area (Å²) in [4.78, 5) is 7.98. The first-order chi connectivity index (χ1) is 13.8. The quantitative estimate of drug-likeness (QED) is 0.253. The Morgan fingerprint density at radius 1 is 1.10 bits per heavy atom. The Morgan fingerprint density at radius 3 is 2.53 bits per heavy atom. The molecular formula is C22H29IN4O2S. The van der Waals surface area contributed by atoms with Crippen molar-refractivity contribution in [3.05, 3.63) is 64.8 Å². The summed E-state index contributed by atoms with van der Waals surface area (Å²) < 4.78 is 23.5. The van der Waals surface area contributed by atoms with Crippen molar-refractivity contribution in [1.29, 1.82) is 0 Å². The summed E-state index contributed by atoms with van der Waals surface area (Å²) >= 11 is 0. The topological polar surface area (TPSA) is 86.3 Å². The molecule has 0 aliphatic heterocycles. The summed E-state index contributed by atoms with van der Waals surface area (Å²) in [6, 6.07) is 11.7. The summed E-state index contributed by atoms with van der Waals surface area (Å²) in [5.74, 6) is 0.714. The summed E-state index contributed by atoms with van der Waals surface area (Å²) in [6.45, 7) is 5.27. The van der Waals surface area contributed by atoms with Crippen LogP contribution < -0.4 is 10.6 Å². The third-order valence-corrected chi connectivity index (χ3v) is 6.26. The highest BCUT2D eigenvalue weighted by atomic mass is 127. The Balaban J connectivity index is 0.00000320. The van der Waals surface area contributed by atoms with Crippen LogP contribution in [-0.2, 0) is 22.8 Å². The number of guanidine groups is 1. The van der Waals surface area contributed by atoms with Crippen LogP contribution in [0.15, 0.2) is 52.5 Å². The maximum Gasteiger partial charge on any atom is 0.191 e. The Morgan fingerprint density at radius 2 is 1.87 bits per heavy atom. The zero-order valence-electron chi connectivity index (χ0n) is 17.7. The minimum atomic E-state index is -3.20. The molecule has 3 rings (SSSR count). The van der Waals surface area contributed by atoms with E-state index in [9.17, 15) is 8.42 Å². The van der Waals surface area contributed by atoms with E-state index >= 15 is 0 Å². The predicted molar refractivity (Wildman–Crippen MR) is 135 cm³/mol. The van der Waals surface area contributed by atoms with Crippen molar-refractivity contribution in [2.75, 3.05) is 19.8 Å². The van der Waals surface area contributed by atoms with Gasteiger partial charge in [-0.05, 0) is 54.7 Å². The summed E-state index contributed by atoms with van der Waals surface area (Å²) in [6.07, 6.45) is 4.18. The van der Waals surface area contributed by atoms with Crippen LogP contribution in [0, 0.1) is 13.8 Å². The molecule has 1 aromatic heterocycles. The van der Waals surface area contributed by atoms with Crippen LogP contribution in [0.3, 0.4) is 0 Å². The van der Waals surface area contributed by atoms with E-state index in [-0.39, 0.29) is 24.0 Å². The average molecular weight is 540 g/mol. The Kier molecular flexibility index (Phi) is 8.31. The molecule has 3 aromatic rings. The number of sulfone groups is 1. The number of benzene rings is 2. The maximum absolute atomic E-state index is 11.7. The normalized spacial score (nSPS) is 11.9. The van der Waals surface area contributed by atoms with Crippen LogP contribution in [0.1, 0.15) is 22.3 Å². The number of aryl methyl sites for hydroxylation is 2. The van der Waals surface area contributed by atoms with E-state index < -0.39 is 9.84 Å². The van der Waals surface area contributed by atoms with Gasteiger partial charge in [-0.25, -0.2) is 8.42 Å². The van der Waals surface area contributed by atoms with Crippen molar-refractivity contribution in [2.45, 2.75) is 31.7 Å². The summed E-state index contributed by atoms with van der Waals surface area (Å²) in [7, 11) is -1.46.